The lowest BCUT2D eigenvalue weighted by atomic mass is 9.68. The van der Waals surface area contributed by atoms with Gasteiger partial charge in [0, 0.05) is 55.9 Å². The highest BCUT2D eigenvalue weighted by Gasteiger charge is 2.66. The van der Waals surface area contributed by atoms with E-state index in [9.17, 15) is 34.7 Å². The molecule has 2 fully saturated rings. The molecule has 0 spiro atoms. The molecule has 2 unspecified atom stereocenters. The highest BCUT2D eigenvalue weighted by molar-refractivity contribution is 8.03. The topological polar surface area (TPSA) is 145 Å². The van der Waals surface area contributed by atoms with Crippen LogP contribution in [0.4, 0.5) is 5.69 Å². The lowest BCUT2D eigenvalue weighted by Crippen LogP contribution is -2.71. The lowest BCUT2D eigenvalue weighted by molar-refractivity contribution is -0.384. The summed E-state index contributed by atoms with van der Waals surface area (Å²) in [6.07, 6.45) is 0.502. The number of hydrogen-bond donors (Lipinski definition) is 2. The number of nitro benzene ring substituents is 1. The highest BCUT2D eigenvalue weighted by atomic mass is 32.2. The summed E-state index contributed by atoms with van der Waals surface area (Å²) < 4.78 is 0. The molecule has 0 radical (unpaired) electrons. The van der Waals surface area contributed by atoms with E-state index in [0.29, 0.717) is 37.3 Å². The molecule has 200 valence electrons. The second-order valence-electron chi connectivity index (χ2n) is 10.2. The first kappa shape index (κ1) is 27.1. The molecule has 2 amide bonds. The van der Waals surface area contributed by atoms with Crippen LogP contribution in [0.2, 0.25) is 0 Å². The van der Waals surface area contributed by atoms with E-state index in [2.05, 4.69) is 0 Å². The number of thioether (sulfide) groups is 1. The Labute approximate surface area is 219 Å². The van der Waals surface area contributed by atoms with E-state index in [1.165, 1.54) is 33.7 Å². The fraction of sp³-hybridized carbons (Fsp3) is 0.560. The number of carbonyl (C=O) groups excluding carboxylic acids is 2. The quantitative estimate of drug-likeness (QED) is 0.277. The number of rotatable bonds is 9. The van der Waals surface area contributed by atoms with Gasteiger partial charge in [0.05, 0.1) is 28.5 Å². The summed E-state index contributed by atoms with van der Waals surface area (Å²) in [5.74, 6) is -2.24. The summed E-state index contributed by atoms with van der Waals surface area (Å²) in [7, 11) is 3.37. The molecular weight excluding hydrogens is 500 g/mol. The van der Waals surface area contributed by atoms with E-state index in [4.69, 9.17) is 0 Å². The minimum absolute atomic E-state index is 0.00609. The number of carboxylic acid groups (broad SMARTS) is 1. The maximum atomic E-state index is 13.0. The van der Waals surface area contributed by atoms with E-state index in [-0.39, 0.29) is 28.4 Å². The van der Waals surface area contributed by atoms with Crippen LogP contribution in [0.25, 0.3) is 0 Å². The number of likely N-dealkylation sites (tertiary alicyclic amines) is 1. The van der Waals surface area contributed by atoms with Crippen LogP contribution in [0.1, 0.15) is 38.7 Å². The summed E-state index contributed by atoms with van der Waals surface area (Å²) in [6, 6.07) is 5.80. The number of amides is 2. The summed E-state index contributed by atoms with van der Waals surface area (Å²) in [6.45, 7) is 4.38. The summed E-state index contributed by atoms with van der Waals surface area (Å²) in [5, 5.41) is 31.1. The van der Waals surface area contributed by atoms with Crippen molar-refractivity contribution in [3.8, 4) is 0 Å². The van der Waals surface area contributed by atoms with E-state index in [1.807, 2.05) is 11.8 Å². The zero-order valence-electron chi connectivity index (χ0n) is 21.3. The number of aliphatic hydroxyl groups is 1. The van der Waals surface area contributed by atoms with Crippen LogP contribution in [0.5, 0.6) is 0 Å². The number of hydrogen-bond acceptors (Lipinski definition) is 8. The molecule has 0 aromatic heterocycles. The summed E-state index contributed by atoms with van der Waals surface area (Å²) in [5.41, 5.74) is 0.0714. The van der Waals surface area contributed by atoms with Gasteiger partial charge in [0.2, 0.25) is 11.8 Å². The van der Waals surface area contributed by atoms with Crippen LogP contribution >= 0.6 is 11.8 Å². The van der Waals surface area contributed by atoms with Crippen molar-refractivity contribution in [2.45, 2.75) is 62.6 Å². The number of fused-ring (bicyclic) bond motifs is 1. The molecule has 37 heavy (non-hydrogen) atoms. The first-order valence-corrected chi connectivity index (χ1v) is 13.1. The molecule has 2 saturated heterocycles. The lowest BCUT2D eigenvalue weighted by Gasteiger charge is -2.55. The predicted molar refractivity (Wildman–Crippen MR) is 136 cm³/mol. The standard InChI is InChI=1S/C25H32N4O7S/c1-5-25-11-19(21(24(33)34)28(25)23(32)20(25)14(2)30)37-17-10-18(22(31)26(3)4)27(13-17)12-15-6-8-16(9-7-15)29(35)36/h6-9,14,17-18,20,30H,5,10-13H2,1-4H3,(H,33,34)/t14?,17-,18-,20-,25?/m0/s1. The van der Waals surface area contributed by atoms with Crippen LogP contribution < -0.4 is 0 Å². The van der Waals surface area contributed by atoms with Crippen molar-refractivity contribution in [2.75, 3.05) is 20.6 Å². The van der Waals surface area contributed by atoms with E-state index in [0.717, 1.165) is 5.56 Å². The van der Waals surface area contributed by atoms with Gasteiger partial charge in [-0.3, -0.25) is 29.5 Å². The Balaban J connectivity index is 1.57. The van der Waals surface area contributed by atoms with Crippen molar-refractivity contribution in [1.29, 1.82) is 0 Å². The van der Waals surface area contributed by atoms with Crippen LogP contribution in [0, 0.1) is 16.0 Å². The van der Waals surface area contributed by atoms with Gasteiger partial charge in [0.15, 0.2) is 0 Å². The smallest absolute Gasteiger partial charge is 0.353 e. The number of carboxylic acids is 1. The fourth-order valence-corrected chi connectivity index (χ4v) is 7.55. The van der Waals surface area contributed by atoms with Gasteiger partial charge in [0.25, 0.3) is 5.69 Å². The zero-order valence-corrected chi connectivity index (χ0v) is 22.1. The highest BCUT2D eigenvalue weighted by Crippen LogP contribution is 2.57. The number of aliphatic carboxylic acids is 1. The van der Waals surface area contributed by atoms with Crippen LogP contribution in [-0.4, -0.2) is 91.2 Å². The van der Waals surface area contributed by atoms with Gasteiger partial charge >= 0.3 is 5.97 Å². The Kier molecular flexibility index (Phi) is 7.37. The molecule has 0 bridgehead atoms. The van der Waals surface area contributed by atoms with Crippen LogP contribution in [0.15, 0.2) is 34.9 Å². The molecule has 5 atom stereocenters. The first-order chi connectivity index (χ1) is 17.4. The van der Waals surface area contributed by atoms with E-state index >= 15 is 0 Å². The third kappa shape index (κ3) is 4.62. The largest absolute Gasteiger partial charge is 0.477 e. The Morgan fingerprint density at radius 2 is 1.95 bits per heavy atom. The van der Waals surface area contributed by atoms with Gasteiger partial charge in [-0.1, -0.05) is 19.1 Å². The summed E-state index contributed by atoms with van der Waals surface area (Å²) in [4.78, 5) is 54.1. The Bertz CT molecular complexity index is 1150. The molecule has 3 aliphatic rings. The van der Waals surface area contributed by atoms with Gasteiger partial charge in [-0.2, -0.15) is 0 Å². The normalized spacial score (nSPS) is 28.2. The third-order valence-corrected chi connectivity index (χ3v) is 8.99. The maximum absolute atomic E-state index is 13.0. The number of non-ortho nitro benzene ring substituents is 1. The van der Waals surface area contributed by atoms with Crippen molar-refractivity contribution in [1.82, 2.24) is 14.7 Å². The second-order valence-corrected chi connectivity index (χ2v) is 11.6. The van der Waals surface area contributed by atoms with Gasteiger partial charge < -0.3 is 15.1 Å². The average molecular weight is 533 g/mol. The molecule has 12 heteroatoms. The molecule has 1 aromatic rings. The first-order valence-electron chi connectivity index (χ1n) is 12.2. The molecule has 2 N–H and O–H groups in total. The van der Waals surface area contributed by atoms with Crippen LogP contribution in [-0.2, 0) is 20.9 Å². The van der Waals surface area contributed by atoms with Crippen molar-refractivity contribution >= 4 is 35.2 Å². The average Bonchev–Trinajstić information content (AvgIpc) is 3.34. The number of nitrogens with zero attached hydrogens (tertiary/aromatic N) is 4. The number of likely N-dealkylation sites (N-methyl/N-ethyl adjacent to an activating group) is 1. The van der Waals surface area contributed by atoms with Gasteiger partial charge in [0.1, 0.15) is 5.70 Å². The van der Waals surface area contributed by atoms with Crippen LogP contribution in [0.3, 0.4) is 0 Å². The molecule has 3 aliphatic heterocycles. The second kappa shape index (κ2) is 10.1. The number of aliphatic hydroxyl groups excluding tert-OH is 1. The van der Waals surface area contributed by atoms with Crippen molar-refractivity contribution in [3.05, 3.63) is 50.5 Å². The molecule has 0 aliphatic carbocycles. The Morgan fingerprint density at radius 3 is 2.46 bits per heavy atom. The Morgan fingerprint density at radius 1 is 1.30 bits per heavy atom. The van der Waals surface area contributed by atoms with Crippen molar-refractivity contribution in [3.63, 3.8) is 0 Å². The molecule has 3 heterocycles. The number of nitro groups is 1. The number of β-lactam (4-membered cyclic amide) rings is 1. The number of benzene rings is 1. The molecule has 0 saturated carbocycles. The fourth-order valence-electron chi connectivity index (χ4n) is 5.98. The summed E-state index contributed by atoms with van der Waals surface area (Å²) >= 11 is 1.40. The molecule has 4 rings (SSSR count). The number of carbonyl (C=O) groups is 3. The SMILES string of the molecule is CCC12CC(S[C@H]3C[C@@H](C(=O)N(C)C)N(Cc4ccc([N+](=O)[O-])cc4)C3)=C(C(=O)O)N1C(=O)[C@@H]2C(C)O. The maximum Gasteiger partial charge on any atom is 0.353 e. The molecule has 11 nitrogen and oxygen atoms in total. The third-order valence-electron chi connectivity index (χ3n) is 7.69. The van der Waals surface area contributed by atoms with Gasteiger partial charge in [-0.05, 0) is 25.3 Å². The zero-order chi connectivity index (χ0) is 27.2. The van der Waals surface area contributed by atoms with Gasteiger partial charge in [-0.15, -0.1) is 11.8 Å². The minimum Gasteiger partial charge on any atom is -0.477 e. The van der Waals surface area contributed by atoms with Crippen molar-refractivity contribution < 1.29 is 29.5 Å². The minimum atomic E-state index is -1.17. The molecular formula is C25H32N4O7S. The predicted octanol–water partition coefficient (Wildman–Crippen LogP) is 2.05. The van der Waals surface area contributed by atoms with E-state index in [1.54, 1.807) is 33.2 Å². The Hall–Kier alpha value is -2.96. The monoisotopic (exact) mass is 532 g/mol. The molecule has 1 aromatic carbocycles. The van der Waals surface area contributed by atoms with Gasteiger partial charge in [-0.25, -0.2) is 4.79 Å². The van der Waals surface area contributed by atoms with Crippen molar-refractivity contribution in [2.24, 2.45) is 5.92 Å². The van der Waals surface area contributed by atoms with E-state index < -0.39 is 34.5 Å².